The maximum absolute atomic E-state index is 14.3. The van der Waals surface area contributed by atoms with Crippen LogP contribution in [0.4, 0.5) is 5.69 Å². The summed E-state index contributed by atoms with van der Waals surface area (Å²) in [6, 6.07) is 12.1. The van der Waals surface area contributed by atoms with E-state index in [1.807, 2.05) is 13.8 Å². The molecule has 3 rings (SSSR count). The van der Waals surface area contributed by atoms with Gasteiger partial charge in [-0.05, 0) is 68.3 Å². The number of amides is 2. The molecule has 3 aromatic carbocycles. The van der Waals surface area contributed by atoms with Gasteiger partial charge in [-0.1, -0.05) is 47.8 Å². The minimum atomic E-state index is -4.48. The predicted molar refractivity (Wildman–Crippen MR) is 176 cm³/mol. The normalized spacial score (nSPS) is 12.6. The molecule has 0 spiro atoms. The average molecular weight is 701 g/mol. The van der Waals surface area contributed by atoms with Crippen molar-refractivity contribution in [3.63, 3.8) is 0 Å². The lowest BCUT2D eigenvalue weighted by molar-refractivity contribution is -0.139. The molecule has 45 heavy (non-hydrogen) atoms. The number of halogens is 3. The van der Waals surface area contributed by atoms with E-state index in [9.17, 15) is 18.0 Å². The Labute approximate surface area is 279 Å². The number of carbonyl (C=O) groups is 2. The lowest BCUT2D eigenvalue weighted by atomic mass is 10.1. The molecule has 0 aliphatic rings. The number of hydrogen-bond donors (Lipinski definition) is 1. The summed E-state index contributed by atoms with van der Waals surface area (Å²) in [5, 5.41) is 3.76. The summed E-state index contributed by atoms with van der Waals surface area (Å²) in [6.45, 7) is 4.49. The topological polar surface area (TPSA) is 114 Å². The van der Waals surface area contributed by atoms with E-state index in [4.69, 9.17) is 49.0 Å². The summed E-state index contributed by atoms with van der Waals surface area (Å²) in [5.41, 5.74) is 0.515. The van der Waals surface area contributed by atoms with Gasteiger partial charge in [0.2, 0.25) is 11.8 Å². The van der Waals surface area contributed by atoms with E-state index in [0.29, 0.717) is 22.8 Å². The molecule has 0 radical (unpaired) electrons. The van der Waals surface area contributed by atoms with Gasteiger partial charge in [0.1, 0.15) is 18.3 Å². The molecule has 3 aromatic rings. The second-order valence-corrected chi connectivity index (χ2v) is 13.2. The fourth-order valence-corrected chi connectivity index (χ4v) is 6.42. The van der Waals surface area contributed by atoms with Crippen LogP contribution in [0.15, 0.2) is 59.5 Å². The molecule has 14 heteroatoms. The highest BCUT2D eigenvalue weighted by molar-refractivity contribution is 7.92. The zero-order valence-electron chi connectivity index (χ0n) is 25.8. The van der Waals surface area contributed by atoms with Gasteiger partial charge in [-0.15, -0.1) is 0 Å². The van der Waals surface area contributed by atoms with E-state index in [1.54, 1.807) is 19.1 Å². The molecule has 0 heterocycles. The summed E-state index contributed by atoms with van der Waals surface area (Å²) in [5.74, 6) is -0.494. The lowest BCUT2D eigenvalue weighted by Crippen LogP contribution is -2.52. The van der Waals surface area contributed by atoms with Crippen LogP contribution in [-0.4, -0.2) is 65.1 Å². The number of ether oxygens (including phenoxy) is 3. The minimum Gasteiger partial charge on any atom is -0.495 e. The molecule has 1 N–H and O–H groups in total. The van der Waals surface area contributed by atoms with Crippen molar-refractivity contribution >= 4 is 62.3 Å². The van der Waals surface area contributed by atoms with Crippen molar-refractivity contribution in [3.05, 3.63) is 75.2 Å². The molecule has 0 saturated carbocycles. The number of nitrogens with zero attached hydrogens (tertiary/aromatic N) is 2. The van der Waals surface area contributed by atoms with Crippen LogP contribution in [0.5, 0.6) is 17.2 Å². The monoisotopic (exact) mass is 699 g/mol. The standard InChI is InChI=1S/C31H36Cl3N3O7S/c1-7-19(2)35-31(39)20(3)36(17-21-8-9-22(32)14-25(21)34)30(38)18-37(26-15-23(33)10-12-27(26)42-4)45(40,41)24-11-13-28(43-5)29(16-24)44-6/h8-16,19-20H,7,17-18H2,1-6H3,(H,35,39)/t19-,20-/m0/s1. The summed E-state index contributed by atoms with van der Waals surface area (Å²) in [4.78, 5) is 28.6. The van der Waals surface area contributed by atoms with Gasteiger partial charge < -0.3 is 24.4 Å². The molecule has 0 saturated heterocycles. The molecule has 0 bridgehead atoms. The second kappa shape index (κ2) is 15.8. The van der Waals surface area contributed by atoms with E-state index >= 15 is 0 Å². The number of sulfonamides is 1. The molecule has 244 valence electrons. The fourth-order valence-electron chi connectivity index (χ4n) is 4.36. The first-order valence-electron chi connectivity index (χ1n) is 13.9. The van der Waals surface area contributed by atoms with Gasteiger partial charge >= 0.3 is 0 Å². The molecule has 0 fully saturated rings. The molecule has 0 unspecified atom stereocenters. The minimum absolute atomic E-state index is 0.00863. The van der Waals surface area contributed by atoms with Gasteiger partial charge in [0.05, 0.1) is 31.9 Å². The highest BCUT2D eigenvalue weighted by Gasteiger charge is 2.35. The van der Waals surface area contributed by atoms with E-state index < -0.39 is 34.4 Å². The third kappa shape index (κ3) is 8.66. The highest BCUT2D eigenvalue weighted by atomic mass is 35.5. The number of carbonyl (C=O) groups excluding carboxylic acids is 2. The molecule has 10 nitrogen and oxygen atoms in total. The number of benzene rings is 3. The van der Waals surface area contributed by atoms with E-state index in [1.165, 1.54) is 68.7 Å². The Hall–Kier alpha value is -3.38. The fraction of sp³-hybridized carbons (Fsp3) is 0.355. The van der Waals surface area contributed by atoms with Crippen molar-refractivity contribution in [2.24, 2.45) is 0 Å². The average Bonchev–Trinajstić information content (AvgIpc) is 3.02. The Morgan fingerprint density at radius 1 is 0.844 bits per heavy atom. The number of hydrogen-bond acceptors (Lipinski definition) is 7. The lowest BCUT2D eigenvalue weighted by Gasteiger charge is -2.33. The Morgan fingerprint density at radius 3 is 2.04 bits per heavy atom. The molecule has 2 amide bonds. The number of nitrogens with one attached hydrogen (secondary N) is 1. The maximum atomic E-state index is 14.3. The number of anilines is 1. The second-order valence-electron chi connectivity index (χ2n) is 10.1. The molecule has 0 aliphatic carbocycles. The van der Waals surface area contributed by atoms with Crippen molar-refractivity contribution in [1.82, 2.24) is 10.2 Å². The van der Waals surface area contributed by atoms with Gasteiger partial charge in [-0.25, -0.2) is 8.42 Å². The van der Waals surface area contributed by atoms with Crippen LogP contribution >= 0.6 is 34.8 Å². The third-order valence-corrected chi connectivity index (χ3v) is 9.73. The van der Waals surface area contributed by atoms with E-state index in [2.05, 4.69) is 5.32 Å². The molecule has 0 aliphatic heterocycles. The van der Waals surface area contributed by atoms with Gasteiger partial charge in [0.25, 0.3) is 10.0 Å². The maximum Gasteiger partial charge on any atom is 0.265 e. The molecule has 0 aromatic heterocycles. The van der Waals surface area contributed by atoms with Crippen LogP contribution in [0.25, 0.3) is 0 Å². The third-order valence-electron chi connectivity index (χ3n) is 7.16. The van der Waals surface area contributed by atoms with Crippen LogP contribution in [0, 0.1) is 0 Å². The van der Waals surface area contributed by atoms with Crippen molar-refractivity contribution < 1.29 is 32.2 Å². The van der Waals surface area contributed by atoms with Crippen molar-refractivity contribution in [1.29, 1.82) is 0 Å². The van der Waals surface area contributed by atoms with E-state index in [0.717, 1.165) is 4.31 Å². The first-order valence-corrected chi connectivity index (χ1v) is 16.5. The summed E-state index contributed by atoms with van der Waals surface area (Å²) in [6.07, 6.45) is 0.668. The van der Waals surface area contributed by atoms with Gasteiger partial charge in [0, 0.05) is 33.7 Å². The summed E-state index contributed by atoms with van der Waals surface area (Å²) < 4.78 is 45.6. The zero-order chi connectivity index (χ0) is 33.5. The largest absolute Gasteiger partial charge is 0.495 e. The Kier molecular flexibility index (Phi) is 12.6. The first-order chi connectivity index (χ1) is 21.3. The SMILES string of the molecule is CC[C@H](C)NC(=O)[C@H](C)N(Cc1ccc(Cl)cc1Cl)C(=O)CN(c1cc(Cl)ccc1OC)S(=O)(=O)c1ccc(OC)c(OC)c1. The Balaban J connectivity index is 2.16. The zero-order valence-corrected chi connectivity index (χ0v) is 28.9. The van der Waals surface area contributed by atoms with Crippen LogP contribution in [0.2, 0.25) is 15.1 Å². The van der Waals surface area contributed by atoms with Crippen LogP contribution in [0.1, 0.15) is 32.8 Å². The Morgan fingerprint density at radius 2 is 1.44 bits per heavy atom. The summed E-state index contributed by atoms with van der Waals surface area (Å²) >= 11 is 18.8. The van der Waals surface area contributed by atoms with E-state index in [-0.39, 0.29) is 44.7 Å². The van der Waals surface area contributed by atoms with Gasteiger partial charge in [-0.2, -0.15) is 0 Å². The van der Waals surface area contributed by atoms with Crippen LogP contribution in [-0.2, 0) is 26.2 Å². The smallest absolute Gasteiger partial charge is 0.265 e. The number of methoxy groups -OCH3 is 3. The Bertz CT molecular complexity index is 1640. The van der Waals surface area contributed by atoms with Gasteiger partial charge in [0.15, 0.2) is 11.5 Å². The van der Waals surface area contributed by atoms with Crippen molar-refractivity contribution in [2.45, 2.75) is 50.7 Å². The molecular weight excluding hydrogens is 665 g/mol. The molecule has 2 atom stereocenters. The molecular formula is C31H36Cl3N3O7S. The highest BCUT2D eigenvalue weighted by Crippen LogP contribution is 2.37. The van der Waals surface area contributed by atoms with Crippen LogP contribution < -0.4 is 23.8 Å². The number of rotatable bonds is 14. The quantitative estimate of drug-likeness (QED) is 0.213. The predicted octanol–water partition coefficient (Wildman–Crippen LogP) is 6.20. The summed E-state index contributed by atoms with van der Waals surface area (Å²) in [7, 11) is -0.310. The first kappa shape index (κ1) is 36.1. The van der Waals surface area contributed by atoms with Gasteiger partial charge in [-0.3, -0.25) is 13.9 Å². The van der Waals surface area contributed by atoms with Crippen molar-refractivity contribution in [3.8, 4) is 17.2 Å². The van der Waals surface area contributed by atoms with Crippen LogP contribution in [0.3, 0.4) is 0 Å². The van der Waals surface area contributed by atoms with Crippen molar-refractivity contribution in [2.75, 3.05) is 32.2 Å².